The smallest absolute Gasteiger partial charge is 0.0665 e. The molecule has 0 radical (unpaired) electrons. The molecule has 21 heavy (non-hydrogen) atoms. The van der Waals surface area contributed by atoms with Gasteiger partial charge in [0.2, 0.25) is 0 Å². The summed E-state index contributed by atoms with van der Waals surface area (Å²) in [5, 5.41) is 3.36. The minimum absolute atomic E-state index is 0.204. The maximum Gasteiger partial charge on any atom is 0.0665 e. The molecule has 0 aliphatic rings. The van der Waals surface area contributed by atoms with Crippen LogP contribution in [0.2, 0.25) is 0 Å². The van der Waals surface area contributed by atoms with E-state index in [0.29, 0.717) is 12.0 Å². The number of ether oxygens (including phenoxy) is 1. The minimum Gasteiger partial charge on any atom is -0.377 e. The van der Waals surface area contributed by atoms with E-state index < -0.39 is 0 Å². The van der Waals surface area contributed by atoms with Gasteiger partial charge in [0.1, 0.15) is 0 Å². The highest BCUT2D eigenvalue weighted by atomic mass is 16.5. The molecule has 0 heterocycles. The van der Waals surface area contributed by atoms with E-state index >= 15 is 0 Å². The second-order valence-electron chi connectivity index (χ2n) is 7.49. The van der Waals surface area contributed by atoms with Crippen molar-refractivity contribution in [1.82, 2.24) is 5.32 Å². The predicted octanol–water partition coefficient (Wildman–Crippen LogP) is 4.70. The van der Waals surface area contributed by atoms with E-state index in [4.69, 9.17) is 4.74 Å². The van der Waals surface area contributed by atoms with Crippen LogP contribution in [0.1, 0.15) is 65.1 Å². The SMILES string of the molecule is CNC(COC(C)CC(C)C)c1ccc(C(C)(C)C)cc1. The highest BCUT2D eigenvalue weighted by molar-refractivity contribution is 5.29. The van der Waals surface area contributed by atoms with E-state index in [1.165, 1.54) is 11.1 Å². The summed E-state index contributed by atoms with van der Waals surface area (Å²) in [6, 6.07) is 9.17. The van der Waals surface area contributed by atoms with Crippen molar-refractivity contribution in [3.8, 4) is 0 Å². The molecule has 0 saturated heterocycles. The summed E-state index contributed by atoms with van der Waals surface area (Å²) in [7, 11) is 2.00. The molecular formula is C19H33NO. The largest absolute Gasteiger partial charge is 0.377 e. The fourth-order valence-electron chi connectivity index (χ4n) is 2.55. The molecule has 1 rings (SSSR count). The summed E-state index contributed by atoms with van der Waals surface area (Å²) in [6.07, 6.45) is 1.43. The van der Waals surface area contributed by atoms with Crippen LogP contribution in [0.25, 0.3) is 0 Å². The van der Waals surface area contributed by atoms with Crippen molar-refractivity contribution >= 4 is 0 Å². The highest BCUT2D eigenvalue weighted by Crippen LogP contribution is 2.24. The molecular weight excluding hydrogens is 258 g/mol. The van der Waals surface area contributed by atoms with Crippen molar-refractivity contribution in [3.63, 3.8) is 0 Å². The first kappa shape index (κ1) is 18.2. The zero-order chi connectivity index (χ0) is 16.0. The first-order chi connectivity index (χ1) is 9.74. The molecule has 0 amide bonds. The van der Waals surface area contributed by atoms with Crippen LogP contribution in [-0.4, -0.2) is 19.8 Å². The Hall–Kier alpha value is -0.860. The lowest BCUT2D eigenvalue weighted by Crippen LogP contribution is -2.25. The van der Waals surface area contributed by atoms with E-state index in [1.807, 2.05) is 7.05 Å². The summed E-state index contributed by atoms with van der Waals surface area (Å²) in [4.78, 5) is 0. The first-order valence-corrected chi connectivity index (χ1v) is 8.13. The van der Waals surface area contributed by atoms with Crippen molar-refractivity contribution in [2.45, 2.75) is 65.5 Å². The Morgan fingerprint density at radius 1 is 1.05 bits per heavy atom. The van der Waals surface area contributed by atoms with Crippen LogP contribution >= 0.6 is 0 Å². The van der Waals surface area contributed by atoms with Crippen LogP contribution in [0, 0.1) is 5.92 Å². The maximum absolute atomic E-state index is 6.00. The average Bonchev–Trinajstić information content (AvgIpc) is 2.38. The zero-order valence-corrected chi connectivity index (χ0v) is 14.9. The summed E-state index contributed by atoms with van der Waals surface area (Å²) in [6.45, 7) is 14.1. The zero-order valence-electron chi connectivity index (χ0n) is 14.9. The van der Waals surface area contributed by atoms with E-state index in [-0.39, 0.29) is 11.5 Å². The van der Waals surface area contributed by atoms with Crippen LogP contribution in [0.4, 0.5) is 0 Å². The Morgan fingerprint density at radius 3 is 2.05 bits per heavy atom. The van der Waals surface area contributed by atoms with Gasteiger partial charge in [-0.3, -0.25) is 0 Å². The van der Waals surface area contributed by atoms with Crippen LogP contribution < -0.4 is 5.32 Å². The van der Waals surface area contributed by atoms with Crippen molar-refractivity contribution in [2.24, 2.45) is 5.92 Å². The van der Waals surface area contributed by atoms with Crippen molar-refractivity contribution in [3.05, 3.63) is 35.4 Å². The lowest BCUT2D eigenvalue weighted by Gasteiger charge is -2.23. The topological polar surface area (TPSA) is 21.3 Å². The number of rotatable bonds is 7. The van der Waals surface area contributed by atoms with Gasteiger partial charge in [-0.25, -0.2) is 0 Å². The van der Waals surface area contributed by atoms with Crippen LogP contribution in [-0.2, 0) is 10.2 Å². The van der Waals surface area contributed by atoms with Gasteiger partial charge >= 0.3 is 0 Å². The van der Waals surface area contributed by atoms with Crippen LogP contribution in [0.3, 0.4) is 0 Å². The Balaban J connectivity index is 2.64. The fourth-order valence-corrected chi connectivity index (χ4v) is 2.55. The number of benzene rings is 1. The van der Waals surface area contributed by atoms with Crippen LogP contribution in [0.5, 0.6) is 0 Å². The molecule has 0 aliphatic heterocycles. The average molecular weight is 291 g/mol. The second-order valence-corrected chi connectivity index (χ2v) is 7.49. The quantitative estimate of drug-likeness (QED) is 0.786. The second kappa shape index (κ2) is 7.95. The van der Waals surface area contributed by atoms with E-state index in [1.54, 1.807) is 0 Å². The standard InChI is InChI=1S/C19H33NO/c1-14(2)12-15(3)21-13-18(20-7)16-8-10-17(11-9-16)19(4,5)6/h8-11,14-15,18,20H,12-13H2,1-7H3. The van der Waals surface area contributed by atoms with E-state index in [9.17, 15) is 0 Å². The van der Waals surface area contributed by atoms with Gasteiger partial charge in [0.25, 0.3) is 0 Å². The number of likely N-dealkylation sites (N-methyl/N-ethyl adjacent to an activating group) is 1. The number of hydrogen-bond donors (Lipinski definition) is 1. The number of nitrogens with one attached hydrogen (secondary N) is 1. The molecule has 0 bridgehead atoms. The Kier molecular flexibility index (Phi) is 6.89. The molecule has 1 aromatic rings. The molecule has 2 heteroatoms. The molecule has 0 aromatic heterocycles. The van der Waals surface area contributed by atoms with Gasteiger partial charge in [-0.15, -0.1) is 0 Å². The van der Waals surface area contributed by atoms with Crippen molar-refractivity contribution in [2.75, 3.05) is 13.7 Å². The first-order valence-electron chi connectivity index (χ1n) is 8.13. The molecule has 1 aromatic carbocycles. The third-order valence-electron chi connectivity index (χ3n) is 3.88. The van der Waals surface area contributed by atoms with Gasteiger partial charge in [-0.1, -0.05) is 58.9 Å². The molecule has 0 aliphatic carbocycles. The third kappa shape index (κ3) is 6.19. The predicted molar refractivity (Wildman–Crippen MR) is 91.8 cm³/mol. The van der Waals surface area contributed by atoms with Gasteiger partial charge < -0.3 is 10.1 Å². The maximum atomic E-state index is 6.00. The van der Waals surface area contributed by atoms with Crippen molar-refractivity contribution in [1.29, 1.82) is 0 Å². The monoisotopic (exact) mass is 291 g/mol. The molecule has 0 saturated carbocycles. The summed E-state index contributed by atoms with van der Waals surface area (Å²) in [5.74, 6) is 0.680. The van der Waals surface area contributed by atoms with Gasteiger partial charge in [-0.2, -0.15) is 0 Å². The molecule has 0 fully saturated rings. The Labute approximate surface area is 131 Å². The fraction of sp³-hybridized carbons (Fsp3) is 0.684. The van der Waals surface area contributed by atoms with Gasteiger partial charge in [0.05, 0.1) is 18.8 Å². The van der Waals surface area contributed by atoms with Crippen LogP contribution in [0.15, 0.2) is 24.3 Å². The van der Waals surface area contributed by atoms with E-state index in [0.717, 1.165) is 13.0 Å². The summed E-state index contributed by atoms with van der Waals surface area (Å²) < 4.78 is 6.00. The Morgan fingerprint density at radius 2 is 1.62 bits per heavy atom. The van der Waals surface area contributed by atoms with Crippen molar-refractivity contribution < 1.29 is 4.74 Å². The molecule has 2 nitrogen and oxygen atoms in total. The third-order valence-corrected chi connectivity index (χ3v) is 3.88. The normalized spacial score (nSPS) is 15.2. The number of hydrogen-bond acceptors (Lipinski definition) is 2. The molecule has 0 spiro atoms. The van der Waals surface area contributed by atoms with E-state index in [2.05, 4.69) is 71.1 Å². The lowest BCUT2D eigenvalue weighted by molar-refractivity contribution is 0.0383. The van der Waals surface area contributed by atoms with Gasteiger partial charge in [-0.05, 0) is 42.9 Å². The molecule has 1 N–H and O–H groups in total. The molecule has 120 valence electrons. The lowest BCUT2D eigenvalue weighted by atomic mass is 9.86. The van der Waals surface area contributed by atoms with Gasteiger partial charge in [0.15, 0.2) is 0 Å². The summed E-state index contributed by atoms with van der Waals surface area (Å²) in [5.41, 5.74) is 2.87. The minimum atomic E-state index is 0.204. The summed E-state index contributed by atoms with van der Waals surface area (Å²) >= 11 is 0. The molecule has 2 unspecified atom stereocenters. The Bertz CT molecular complexity index is 403. The molecule has 2 atom stereocenters. The van der Waals surface area contributed by atoms with Gasteiger partial charge in [0, 0.05) is 0 Å². The highest BCUT2D eigenvalue weighted by Gasteiger charge is 2.16.